The Hall–Kier alpha value is -3.74. The lowest BCUT2D eigenvalue weighted by Gasteiger charge is -2.11. The van der Waals surface area contributed by atoms with Crippen LogP contribution in [0, 0.1) is 11.6 Å². The average molecular weight is 447 g/mol. The van der Waals surface area contributed by atoms with Crippen LogP contribution < -0.4 is 4.72 Å². The van der Waals surface area contributed by atoms with Crippen LogP contribution in [-0.2, 0) is 10.0 Å². The summed E-state index contributed by atoms with van der Waals surface area (Å²) < 4.78 is 55.5. The van der Waals surface area contributed by atoms with Crippen LogP contribution in [0.1, 0.15) is 29.3 Å². The van der Waals surface area contributed by atoms with Gasteiger partial charge in [0.2, 0.25) is 21.6 Å². The molecule has 0 aliphatic heterocycles. The van der Waals surface area contributed by atoms with E-state index in [2.05, 4.69) is 35.3 Å². The van der Waals surface area contributed by atoms with E-state index >= 15 is 4.39 Å². The molecule has 3 heterocycles. The molecule has 3 aromatic heterocycles. The minimum absolute atomic E-state index is 0.0563. The van der Waals surface area contributed by atoms with Gasteiger partial charge in [0.1, 0.15) is 11.5 Å². The summed E-state index contributed by atoms with van der Waals surface area (Å²) in [7, 11) is -3.84. The van der Waals surface area contributed by atoms with Gasteiger partial charge in [0, 0.05) is 28.9 Å². The molecule has 4 rings (SSSR count). The quantitative estimate of drug-likeness (QED) is 0.369. The van der Waals surface area contributed by atoms with Crippen molar-refractivity contribution in [2.75, 3.05) is 10.5 Å². The summed E-state index contributed by atoms with van der Waals surface area (Å²) in [5.41, 5.74) is -0.724. The van der Waals surface area contributed by atoms with Crippen LogP contribution in [-0.4, -0.2) is 50.5 Å². The first-order valence-corrected chi connectivity index (χ1v) is 10.7. The molecule has 1 aromatic carbocycles. The maximum absolute atomic E-state index is 15.0. The van der Waals surface area contributed by atoms with Crippen molar-refractivity contribution in [3.8, 4) is 11.4 Å². The number of tetrazole rings is 1. The highest BCUT2D eigenvalue weighted by atomic mass is 32.2. The molecule has 0 amide bonds. The van der Waals surface area contributed by atoms with E-state index in [-0.39, 0.29) is 22.5 Å². The smallest absolute Gasteiger partial charge is 0.232 e. The maximum Gasteiger partial charge on any atom is 0.232 e. The largest absolute Gasteiger partial charge is 0.345 e. The number of anilines is 1. The first-order valence-electron chi connectivity index (χ1n) is 9.05. The van der Waals surface area contributed by atoms with Gasteiger partial charge in [-0.1, -0.05) is 6.92 Å². The molecule has 0 fully saturated rings. The van der Waals surface area contributed by atoms with E-state index in [0.717, 1.165) is 12.1 Å². The zero-order chi connectivity index (χ0) is 22.2. The number of carbonyl (C=O) groups is 1. The highest BCUT2D eigenvalue weighted by Crippen LogP contribution is 2.28. The lowest BCUT2D eigenvalue weighted by molar-refractivity contribution is 0.103. The molecule has 31 heavy (non-hydrogen) atoms. The molecule has 0 saturated carbocycles. The summed E-state index contributed by atoms with van der Waals surface area (Å²) in [4.78, 5) is 20.0. The Bertz CT molecular complexity index is 1380. The molecule has 0 atom stereocenters. The monoisotopic (exact) mass is 447 g/mol. The molecule has 160 valence electrons. The molecule has 0 aliphatic carbocycles. The van der Waals surface area contributed by atoms with Crippen molar-refractivity contribution in [2.45, 2.75) is 13.3 Å². The summed E-state index contributed by atoms with van der Waals surface area (Å²) >= 11 is 0. The van der Waals surface area contributed by atoms with Gasteiger partial charge in [-0.25, -0.2) is 22.2 Å². The van der Waals surface area contributed by atoms with Crippen LogP contribution in [0.4, 0.5) is 14.5 Å². The average Bonchev–Trinajstić information content (AvgIpc) is 3.39. The third kappa shape index (κ3) is 3.86. The topological polar surface area (TPSA) is 146 Å². The minimum Gasteiger partial charge on any atom is -0.345 e. The van der Waals surface area contributed by atoms with Gasteiger partial charge in [0.15, 0.2) is 5.82 Å². The number of halogens is 2. The van der Waals surface area contributed by atoms with Crippen LogP contribution in [0.25, 0.3) is 22.4 Å². The second-order valence-corrected chi connectivity index (χ2v) is 8.43. The van der Waals surface area contributed by atoms with E-state index in [9.17, 15) is 17.6 Å². The number of aromatic amines is 2. The number of nitrogens with one attached hydrogen (secondary N) is 3. The summed E-state index contributed by atoms with van der Waals surface area (Å²) in [6.45, 7) is 1.64. The Morgan fingerprint density at radius 2 is 2.06 bits per heavy atom. The second-order valence-electron chi connectivity index (χ2n) is 6.59. The number of carbonyl (C=O) groups excluding carboxylic acids is 1. The molecule has 0 bridgehead atoms. The number of hydrogen-bond donors (Lipinski definition) is 3. The maximum atomic E-state index is 15.0. The van der Waals surface area contributed by atoms with Gasteiger partial charge in [-0.2, -0.15) is 5.21 Å². The molecular formula is C18H15F2N7O3S. The fourth-order valence-corrected chi connectivity index (χ4v) is 4.19. The van der Waals surface area contributed by atoms with Gasteiger partial charge >= 0.3 is 0 Å². The molecule has 0 radical (unpaired) electrons. The van der Waals surface area contributed by atoms with E-state index in [1.165, 1.54) is 18.5 Å². The molecular weight excluding hydrogens is 432 g/mol. The molecule has 3 N–H and O–H groups in total. The number of sulfonamides is 1. The third-order valence-electron chi connectivity index (χ3n) is 4.44. The van der Waals surface area contributed by atoms with Crippen molar-refractivity contribution in [3.63, 3.8) is 0 Å². The standard InChI is InChI=1S/C18H15F2N7O3S/c1-2-5-31(29,30)25-13-4-3-12(19)14(15(13)20)16(28)11-8-22-18-10(11)6-9(7-21-18)17-23-26-27-24-17/h3-4,6-8,25H,2,5H2,1H3,(H,21,22)(H,23,24,26,27). The van der Waals surface area contributed by atoms with E-state index in [1.807, 2.05) is 0 Å². The Morgan fingerprint density at radius 1 is 1.26 bits per heavy atom. The zero-order valence-electron chi connectivity index (χ0n) is 16.0. The van der Waals surface area contributed by atoms with Gasteiger partial charge in [-0.3, -0.25) is 9.52 Å². The predicted molar refractivity (Wildman–Crippen MR) is 107 cm³/mol. The van der Waals surface area contributed by atoms with Crippen molar-refractivity contribution in [1.29, 1.82) is 0 Å². The van der Waals surface area contributed by atoms with Crippen LogP contribution in [0.5, 0.6) is 0 Å². The normalized spacial score (nSPS) is 11.7. The van der Waals surface area contributed by atoms with Gasteiger partial charge < -0.3 is 4.98 Å². The van der Waals surface area contributed by atoms with Gasteiger partial charge in [-0.15, -0.1) is 10.2 Å². The first-order chi connectivity index (χ1) is 14.8. The first kappa shape index (κ1) is 20.5. The van der Waals surface area contributed by atoms with Crippen molar-refractivity contribution in [3.05, 3.63) is 53.4 Å². The highest BCUT2D eigenvalue weighted by Gasteiger charge is 2.26. The van der Waals surface area contributed by atoms with Crippen LogP contribution in [0.2, 0.25) is 0 Å². The SMILES string of the molecule is CCCS(=O)(=O)Nc1ccc(F)c(C(=O)c2c[nH]c3ncc(-c4nn[nH]n4)cc23)c1F. The predicted octanol–water partition coefficient (Wildman–Crippen LogP) is 2.40. The number of rotatable bonds is 7. The lowest BCUT2D eigenvalue weighted by Crippen LogP contribution is -2.18. The molecule has 13 heteroatoms. The number of nitrogens with zero attached hydrogens (tertiary/aromatic N) is 4. The molecule has 4 aromatic rings. The van der Waals surface area contributed by atoms with Crippen molar-refractivity contribution in [1.82, 2.24) is 30.6 Å². The summed E-state index contributed by atoms with van der Waals surface area (Å²) in [6.07, 6.45) is 3.02. The van der Waals surface area contributed by atoms with Crippen LogP contribution in [0.3, 0.4) is 0 Å². The number of hydrogen-bond acceptors (Lipinski definition) is 7. The number of pyridine rings is 1. The molecule has 0 spiro atoms. The minimum atomic E-state index is -3.84. The van der Waals surface area contributed by atoms with E-state index in [4.69, 9.17) is 0 Å². The van der Waals surface area contributed by atoms with Gasteiger partial charge in [-0.05, 0) is 29.8 Å². The lowest BCUT2D eigenvalue weighted by atomic mass is 10.0. The molecule has 0 saturated heterocycles. The molecule has 0 aliphatic rings. The van der Waals surface area contributed by atoms with Crippen molar-refractivity contribution in [2.24, 2.45) is 0 Å². The second kappa shape index (κ2) is 7.83. The Kier molecular flexibility index (Phi) is 5.19. The number of ketones is 1. The molecule has 0 unspecified atom stereocenters. The van der Waals surface area contributed by atoms with E-state index < -0.39 is 38.7 Å². The van der Waals surface area contributed by atoms with Crippen molar-refractivity contribution < 1.29 is 22.0 Å². The number of H-pyrrole nitrogens is 2. The van der Waals surface area contributed by atoms with E-state index in [0.29, 0.717) is 17.6 Å². The number of fused-ring (bicyclic) bond motifs is 1. The summed E-state index contributed by atoms with van der Waals surface area (Å²) in [5.74, 6) is -3.44. The fourth-order valence-electron chi connectivity index (χ4n) is 3.06. The van der Waals surface area contributed by atoms with Gasteiger partial charge in [0.25, 0.3) is 0 Å². The zero-order valence-corrected chi connectivity index (χ0v) is 16.8. The Labute approximate surface area is 174 Å². The molecule has 10 nitrogen and oxygen atoms in total. The van der Waals surface area contributed by atoms with E-state index in [1.54, 1.807) is 6.92 Å². The van der Waals surface area contributed by atoms with Crippen LogP contribution >= 0.6 is 0 Å². The number of aromatic nitrogens is 6. The summed E-state index contributed by atoms with van der Waals surface area (Å²) in [5, 5.41) is 13.7. The van der Waals surface area contributed by atoms with Crippen molar-refractivity contribution >= 4 is 32.5 Å². The van der Waals surface area contributed by atoms with Gasteiger partial charge in [0.05, 0.1) is 17.0 Å². The third-order valence-corrected chi connectivity index (χ3v) is 5.91. The Morgan fingerprint density at radius 3 is 2.77 bits per heavy atom. The van der Waals surface area contributed by atoms with Crippen LogP contribution in [0.15, 0.2) is 30.6 Å². The Balaban J connectivity index is 1.79. The fraction of sp³-hybridized carbons (Fsp3) is 0.167. The number of benzene rings is 1. The highest BCUT2D eigenvalue weighted by molar-refractivity contribution is 7.92. The summed E-state index contributed by atoms with van der Waals surface area (Å²) in [6, 6.07) is 3.29.